The van der Waals surface area contributed by atoms with Gasteiger partial charge in [0, 0.05) is 0 Å². The van der Waals surface area contributed by atoms with Crippen LogP contribution < -0.4 is 5.32 Å². The summed E-state index contributed by atoms with van der Waals surface area (Å²) >= 11 is 0. The van der Waals surface area contributed by atoms with E-state index in [1.54, 1.807) is 0 Å². The van der Waals surface area contributed by atoms with Crippen LogP contribution in [0.15, 0.2) is 0 Å². The first-order valence-electron chi connectivity index (χ1n) is 8.20. The highest BCUT2D eigenvalue weighted by atomic mass is 16.5. The number of hydrogen-bond donors (Lipinski definition) is 1. The molecule has 0 saturated heterocycles. The van der Waals surface area contributed by atoms with Gasteiger partial charge in [0.25, 0.3) is 0 Å². The molecule has 1 saturated carbocycles. The maximum atomic E-state index is 12.3. The molecular formula is C16H32N2O2. The van der Waals surface area contributed by atoms with Gasteiger partial charge in [0.1, 0.15) is 5.54 Å². The van der Waals surface area contributed by atoms with Gasteiger partial charge in [-0.25, -0.2) is 0 Å². The van der Waals surface area contributed by atoms with Crippen LogP contribution in [0.3, 0.4) is 0 Å². The molecule has 1 fully saturated rings. The molecule has 1 aliphatic rings. The third kappa shape index (κ3) is 3.95. The second kappa shape index (κ2) is 8.63. The molecule has 0 aliphatic heterocycles. The zero-order chi connectivity index (χ0) is 15.0. The lowest BCUT2D eigenvalue weighted by Crippen LogP contribution is -2.55. The fraction of sp³-hybridized carbons (Fsp3) is 0.938. The Bertz CT molecular complexity index is 296. The largest absolute Gasteiger partial charge is 0.468 e. The summed E-state index contributed by atoms with van der Waals surface area (Å²) in [7, 11) is 1.51. The monoisotopic (exact) mass is 284 g/mol. The maximum Gasteiger partial charge on any atom is 0.326 e. The molecule has 1 aliphatic carbocycles. The predicted octanol–water partition coefficient (Wildman–Crippen LogP) is 2.43. The smallest absolute Gasteiger partial charge is 0.326 e. The van der Waals surface area contributed by atoms with Crippen LogP contribution in [0.5, 0.6) is 0 Å². The van der Waals surface area contributed by atoms with E-state index in [1.165, 1.54) is 13.5 Å². The number of hydrogen-bond acceptors (Lipinski definition) is 4. The van der Waals surface area contributed by atoms with E-state index in [1.807, 2.05) is 0 Å². The van der Waals surface area contributed by atoms with E-state index in [0.29, 0.717) is 5.92 Å². The average Bonchev–Trinajstić information content (AvgIpc) is 2.87. The third-order valence-corrected chi connectivity index (χ3v) is 4.64. The molecule has 1 N–H and O–H groups in total. The second-order valence-electron chi connectivity index (χ2n) is 5.81. The van der Waals surface area contributed by atoms with Crippen molar-refractivity contribution in [3.63, 3.8) is 0 Å². The molecule has 0 heterocycles. The summed E-state index contributed by atoms with van der Waals surface area (Å²) in [5.41, 5.74) is -0.435. The molecule has 0 aromatic rings. The zero-order valence-corrected chi connectivity index (χ0v) is 13.7. The molecule has 0 radical (unpaired) electrons. The standard InChI is InChI=1S/C16H32N2O2/c1-5-12-18(7-3)13-10-14-9-8-11-16(14,17-6-2)15(19)20-4/h14,17H,5-13H2,1-4H3. The topological polar surface area (TPSA) is 41.6 Å². The van der Waals surface area contributed by atoms with Crippen LogP contribution in [0.1, 0.15) is 52.9 Å². The van der Waals surface area contributed by atoms with E-state index in [-0.39, 0.29) is 5.97 Å². The lowest BCUT2D eigenvalue weighted by Gasteiger charge is -2.34. The van der Waals surface area contributed by atoms with Gasteiger partial charge < -0.3 is 15.0 Å². The summed E-state index contributed by atoms with van der Waals surface area (Å²) in [4.78, 5) is 14.8. The Morgan fingerprint density at radius 1 is 1.35 bits per heavy atom. The highest BCUT2D eigenvalue weighted by molar-refractivity contribution is 5.81. The quantitative estimate of drug-likeness (QED) is 0.660. The van der Waals surface area contributed by atoms with E-state index < -0.39 is 5.54 Å². The van der Waals surface area contributed by atoms with Crippen molar-refractivity contribution in [2.24, 2.45) is 5.92 Å². The fourth-order valence-corrected chi connectivity index (χ4v) is 3.62. The number of likely N-dealkylation sites (N-methyl/N-ethyl adjacent to an activating group) is 1. The van der Waals surface area contributed by atoms with E-state index >= 15 is 0 Å². The van der Waals surface area contributed by atoms with Crippen molar-refractivity contribution in [1.29, 1.82) is 0 Å². The van der Waals surface area contributed by atoms with Gasteiger partial charge in [-0.15, -0.1) is 0 Å². The van der Waals surface area contributed by atoms with Gasteiger partial charge in [-0.3, -0.25) is 4.79 Å². The van der Waals surface area contributed by atoms with Crippen LogP contribution in [-0.4, -0.2) is 49.7 Å². The number of esters is 1. The van der Waals surface area contributed by atoms with Crippen molar-refractivity contribution in [2.75, 3.05) is 33.3 Å². The average molecular weight is 284 g/mol. The van der Waals surface area contributed by atoms with Gasteiger partial charge in [-0.2, -0.15) is 0 Å². The van der Waals surface area contributed by atoms with Crippen LogP contribution in [-0.2, 0) is 9.53 Å². The Labute approximate surface area is 124 Å². The van der Waals surface area contributed by atoms with Crippen LogP contribution >= 0.6 is 0 Å². The molecule has 118 valence electrons. The Balaban J connectivity index is 2.68. The number of ether oxygens (including phenoxy) is 1. The van der Waals surface area contributed by atoms with E-state index in [0.717, 1.165) is 51.9 Å². The van der Waals surface area contributed by atoms with Crippen molar-refractivity contribution in [2.45, 2.75) is 58.4 Å². The number of carbonyl (C=O) groups is 1. The van der Waals surface area contributed by atoms with Crippen LogP contribution in [0.4, 0.5) is 0 Å². The summed E-state index contributed by atoms with van der Waals surface area (Å²) in [5, 5.41) is 3.44. The SMILES string of the molecule is CCCN(CC)CCC1CCCC1(NCC)C(=O)OC. The predicted molar refractivity (Wildman–Crippen MR) is 82.8 cm³/mol. The first-order chi connectivity index (χ1) is 9.64. The number of nitrogens with zero attached hydrogens (tertiary/aromatic N) is 1. The summed E-state index contributed by atoms with van der Waals surface area (Å²) in [5.74, 6) is 0.334. The molecule has 0 spiro atoms. The molecule has 1 rings (SSSR count). The van der Waals surface area contributed by atoms with Gasteiger partial charge in [0.05, 0.1) is 7.11 Å². The van der Waals surface area contributed by atoms with E-state index in [2.05, 4.69) is 31.0 Å². The van der Waals surface area contributed by atoms with Gasteiger partial charge in [0.2, 0.25) is 0 Å². The Morgan fingerprint density at radius 2 is 2.10 bits per heavy atom. The van der Waals surface area contributed by atoms with Crippen molar-refractivity contribution in [3.05, 3.63) is 0 Å². The van der Waals surface area contributed by atoms with Gasteiger partial charge in [-0.05, 0) is 57.8 Å². The maximum absolute atomic E-state index is 12.3. The lowest BCUT2D eigenvalue weighted by molar-refractivity contribution is -0.150. The second-order valence-corrected chi connectivity index (χ2v) is 5.81. The summed E-state index contributed by atoms with van der Waals surface area (Å²) < 4.78 is 5.09. The molecule has 0 aromatic carbocycles. The van der Waals surface area contributed by atoms with Crippen molar-refractivity contribution in [3.8, 4) is 0 Å². The summed E-state index contributed by atoms with van der Waals surface area (Å²) in [6, 6.07) is 0. The zero-order valence-electron chi connectivity index (χ0n) is 13.7. The minimum absolute atomic E-state index is 0.0691. The Kier molecular flexibility index (Phi) is 7.52. The fourth-order valence-electron chi connectivity index (χ4n) is 3.62. The number of rotatable bonds is 9. The molecule has 2 unspecified atom stereocenters. The van der Waals surface area contributed by atoms with E-state index in [4.69, 9.17) is 4.74 Å². The highest BCUT2D eigenvalue weighted by Gasteiger charge is 2.48. The van der Waals surface area contributed by atoms with Crippen LogP contribution in [0.25, 0.3) is 0 Å². The summed E-state index contributed by atoms with van der Waals surface area (Å²) in [6.07, 6.45) is 5.43. The van der Waals surface area contributed by atoms with Gasteiger partial charge in [-0.1, -0.05) is 27.2 Å². The van der Waals surface area contributed by atoms with Crippen molar-refractivity contribution < 1.29 is 9.53 Å². The lowest BCUT2D eigenvalue weighted by atomic mass is 9.84. The van der Waals surface area contributed by atoms with Gasteiger partial charge >= 0.3 is 5.97 Å². The molecule has 0 aromatic heterocycles. The molecule has 20 heavy (non-hydrogen) atoms. The molecule has 4 nitrogen and oxygen atoms in total. The Morgan fingerprint density at radius 3 is 2.65 bits per heavy atom. The number of methoxy groups -OCH3 is 1. The minimum atomic E-state index is -0.435. The third-order valence-electron chi connectivity index (χ3n) is 4.64. The minimum Gasteiger partial charge on any atom is -0.468 e. The van der Waals surface area contributed by atoms with Gasteiger partial charge in [0.15, 0.2) is 0 Å². The molecule has 0 bridgehead atoms. The molecule has 4 heteroatoms. The number of nitrogens with one attached hydrogen (secondary N) is 1. The van der Waals surface area contributed by atoms with Crippen molar-refractivity contribution >= 4 is 5.97 Å². The molecule has 2 atom stereocenters. The first kappa shape index (κ1) is 17.4. The van der Waals surface area contributed by atoms with Crippen molar-refractivity contribution in [1.82, 2.24) is 10.2 Å². The normalized spacial score (nSPS) is 26.1. The van der Waals surface area contributed by atoms with Crippen LogP contribution in [0.2, 0.25) is 0 Å². The molecule has 0 amide bonds. The summed E-state index contributed by atoms with van der Waals surface area (Å²) in [6.45, 7) is 10.6. The Hall–Kier alpha value is -0.610. The first-order valence-corrected chi connectivity index (χ1v) is 8.20. The number of carbonyl (C=O) groups excluding carboxylic acids is 1. The highest BCUT2D eigenvalue weighted by Crippen LogP contribution is 2.39. The van der Waals surface area contributed by atoms with Crippen LogP contribution in [0, 0.1) is 5.92 Å². The molecular weight excluding hydrogens is 252 g/mol. The van der Waals surface area contributed by atoms with E-state index in [9.17, 15) is 4.79 Å².